The van der Waals surface area contributed by atoms with Gasteiger partial charge in [-0.05, 0) is 67.1 Å². The van der Waals surface area contributed by atoms with E-state index in [-0.39, 0.29) is 35.8 Å². The van der Waals surface area contributed by atoms with Gasteiger partial charge in [-0.3, -0.25) is 9.36 Å². The third-order valence-corrected chi connectivity index (χ3v) is 6.90. The number of anilines is 1. The Morgan fingerprint density at radius 3 is 2.43 bits per heavy atom. The van der Waals surface area contributed by atoms with Crippen molar-refractivity contribution in [3.8, 4) is 11.5 Å². The lowest BCUT2D eigenvalue weighted by atomic mass is 9.77. The Balaban J connectivity index is 1.40. The zero-order valence-electron chi connectivity index (χ0n) is 19.4. The Morgan fingerprint density at radius 2 is 1.80 bits per heavy atom. The minimum Gasteiger partial charge on any atom is -0.497 e. The van der Waals surface area contributed by atoms with Crippen LogP contribution in [0.2, 0.25) is 0 Å². The zero-order valence-corrected chi connectivity index (χ0v) is 19.4. The van der Waals surface area contributed by atoms with Crippen LogP contribution in [0.3, 0.4) is 0 Å². The number of nitrogen functional groups attached to an aromatic ring is 1. The van der Waals surface area contributed by atoms with Gasteiger partial charge in [-0.2, -0.15) is 0 Å². The molecule has 35 heavy (non-hydrogen) atoms. The first-order chi connectivity index (χ1) is 16.9. The van der Waals surface area contributed by atoms with Crippen molar-refractivity contribution in [2.45, 2.75) is 38.3 Å². The average molecular weight is 479 g/mol. The number of hydrogen-bond donors (Lipinski definition) is 1. The predicted molar refractivity (Wildman–Crippen MR) is 128 cm³/mol. The van der Waals surface area contributed by atoms with E-state index in [1.807, 2.05) is 0 Å². The van der Waals surface area contributed by atoms with E-state index in [9.17, 15) is 14.0 Å². The molecule has 0 saturated heterocycles. The molecule has 1 amide bonds. The molecule has 182 valence electrons. The number of benzene rings is 2. The van der Waals surface area contributed by atoms with Crippen LogP contribution in [0.25, 0.3) is 0 Å². The highest BCUT2D eigenvalue weighted by molar-refractivity contribution is 5.71. The smallest absolute Gasteiger partial charge is 0.415 e. The number of halogens is 1. The molecule has 1 unspecified atom stereocenters. The minimum atomic E-state index is -0.524. The molecular weight excluding hydrogens is 451 g/mol. The summed E-state index contributed by atoms with van der Waals surface area (Å²) in [5.74, 6) is 1.06. The number of fused-ring (bicyclic) bond motifs is 1. The molecule has 5 rings (SSSR count). The van der Waals surface area contributed by atoms with Crippen LogP contribution < -0.4 is 20.8 Å². The minimum absolute atomic E-state index is 0.0975. The van der Waals surface area contributed by atoms with Crippen LogP contribution in [0.5, 0.6) is 11.5 Å². The Hall–Kier alpha value is -3.88. The summed E-state index contributed by atoms with van der Waals surface area (Å²) in [5, 5.41) is 0. The number of aromatic nitrogens is 2. The van der Waals surface area contributed by atoms with Gasteiger partial charge in [-0.1, -0.05) is 18.6 Å². The number of rotatable bonds is 5. The van der Waals surface area contributed by atoms with E-state index in [4.69, 9.17) is 15.2 Å². The molecule has 2 heterocycles. The Kier molecular flexibility index (Phi) is 6.15. The summed E-state index contributed by atoms with van der Waals surface area (Å²) in [5.41, 5.74) is 8.01. The number of amides is 1. The Morgan fingerprint density at radius 1 is 1.11 bits per heavy atom. The van der Waals surface area contributed by atoms with Crippen molar-refractivity contribution in [3.63, 3.8) is 0 Å². The zero-order chi connectivity index (χ0) is 24.5. The van der Waals surface area contributed by atoms with E-state index < -0.39 is 6.09 Å². The maximum absolute atomic E-state index is 13.6. The summed E-state index contributed by atoms with van der Waals surface area (Å²) in [6.45, 7) is 0.461. The van der Waals surface area contributed by atoms with Gasteiger partial charge in [-0.25, -0.2) is 14.2 Å². The van der Waals surface area contributed by atoms with Crippen molar-refractivity contribution < 1.29 is 18.7 Å². The van der Waals surface area contributed by atoms with Crippen molar-refractivity contribution in [1.82, 2.24) is 14.5 Å². The summed E-state index contributed by atoms with van der Waals surface area (Å²) in [6, 6.07) is 12.6. The predicted octanol–water partition coefficient (Wildman–Crippen LogP) is 3.92. The van der Waals surface area contributed by atoms with Crippen molar-refractivity contribution in [2.24, 2.45) is 5.92 Å². The molecule has 2 aliphatic rings. The molecule has 1 aromatic heterocycles. The van der Waals surface area contributed by atoms with Crippen molar-refractivity contribution >= 4 is 12.0 Å². The first kappa shape index (κ1) is 22.9. The van der Waals surface area contributed by atoms with E-state index in [2.05, 4.69) is 4.98 Å². The van der Waals surface area contributed by atoms with Crippen LogP contribution in [0.4, 0.5) is 15.1 Å². The summed E-state index contributed by atoms with van der Waals surface area (Å²) < 4.78 is 25.7. The second-order valence-electron chi connectivity index (χ2n) is 8.97. The first-order valence-corrected chi connectivity index (χ1v) is 11.7. The SMILES string of the molecule is COc1ccc(OC(=O)N2CCc3c(nc(N)n(C(c4ccc(F)cc4)C4CCC4)c3=O)C2)cc1. The lowest BCUT2D eigenvalue weighted by molar-refractivity contribution is 0.145. The highest BCUT2D eigenvalue weighted by Gasteiger charge is 2.34. The highest BCUT2D eigenvalue weighted by atomic mass is 19.1. The van der Waals surface area contributed by atoms with Gasteiger partial charge in [0.05, 0.1) is 25.4 Å². The van der Waals surface area contributed by atoms with Crippen molar-refractivity contribution in [2.75, 3.05) is 19.4 Å². The molecular formula is C26H27FN4O4. The van der Waals surface area contributed by atoms with Gasteiger partial charge in [0, 0.05) is 12.1 Å². The largest absolute Gasteiger partial charge is 0.497 e. The summed E-state index contributed by atoms with van der Waals surface area (Å²) in [6.07, 6.45) is 2.84. The van der Waals surface area contributed by atoms with E-state index >= 15 is 0 Å². The lowest BCUT2D eigenvalue weighted by Gasteiger charge is -2.36. The fraction of sp³-hybridized carbons (Fsp3) is 0.346. The number of nitrogens with two attached hydrogens (primary N) is 1. The number of nitrogens with zero attached hydrogens (tertiary/aromatic N) is 3. The number of ether oxygens (including phenoxy) is 2. The molecule has 2 N–H and O–H groups in total. The average Bonchev–Trinajstić information content (AvgIpc) is 2.83. The molecule has 1 fully saturated rings. The fourth-order valence-electron chi connectivity index (χ4n) is 4.80. The Bertz CT molecular complexity index is 1290. The topological polar surface area (TPSA) is 99.7 Å². The van der Waals surface area contributed by atoms with Gasteiger partial charge < -0.3 is 20.1 Å². The van der Waals surface area contributed by atoms with Crippen molar-refractivity contribution in [1.29, 1.82) is 0 Å². The lowest BCUT2D eigenvalue weighted by Crippen LogP contribution is -2.44. The number of methoxy groups -OCH3 is 1. The summed E-state index contributed by atoms with van der Waals surface area (Å²) in [4.78, 5) is 32.4. The van der Waals surface area contributed by atoms with E-state index in [0.717, 1.165) is 24.8 Å². The van der Waals surface area contributed by atoms with Crippen molar-refractivity contribution in [3.05, 3.63) is 81.5 Å². The number of carbonyl (C=O) groups excluding carboxylic acids is 1. The van der Waals surface area contributed by atoms with Crippen LogP contribution in [-0.4, -0.2) is 34.2 Å². The molecule has 1 atom stereocenters. The second-order valence-corrected chi connectivity index (χ2v) is 8.97. The van der Waals surface area contributed by atoms with Crippen LogP contribution in [0, 0.1) is 11.7 Å². The molecule has 2 aromatic carbocycles. The highest BCUT2D eigenvalue weighted by Crippen LogP contribution is 2.40. The quantitative estimate of drug-likeness (QED) is 0.597. The van der Waals surface area contributed by atoms with Crippen LogP contribution in [-0.2, 0) is 13.0 Å². The van der Waals surface area contributed by atoms with Gasteiger partial charge in [0.1, 0.15) is 17.3 Å². The number of hydrogen-bond acceptors (Lipinski definition) is 6. The van der Waals surface area contributed by atoms with Crippen LogP contribution in [0.1, 0.15) is 42.1 Å². The molecule has 0 spiro atoms. The monoisotopic (exact) mass is 478 g/mol. The molecule has 1 aliphatic heterocycles. The third kappa shape index (κ3) is 4.45. The first-order valence-electron chi connectivity index (χ1n) is 11.7. The molecule has 1 aliphatic carbocycles. The van der Waals surface area contributed by atoms with Crippen LogP contribution in [0.15, 0.2) is 53.3 Å². The van der Waals surface area contributed by atoms with Gasteiger partial charge in [0.2, 0.25) is 5.95 Å². The third-order valence-electron chi connectivity index (χ3n) is 6.90. The Labute approximate surface area is 202 Å². The molecule has 3 aromatic rings. The molecule has 0 bridgehead atoms. The van der Waals surface area contributed by atoms with Gasteiger partial charge in [0.25, 0.3) is 5.56 Å². The maximum atomic E-state index is 13.6. The molecule has 1 saturated carbocycles. The molecule has 0 radical (unpaired) electrons. The second kappa shape index (κ2) is 9.40. The standard InChI is InChI=1S/C26H27FN4O4/c1-34-19-9-11-20(12-10-19)35-26(33)30-14-13-21-22(15-30)29-25(28)31(24(21)32)23(16-3-2-4-16)17-5-7-18(27)8-6-17/h5-12,16,23H,2-4,13-15H2,1H3,(H2,28,29). The normalized spacial score (nSPS) is 16.2. The summed E-state index contributed by atoms with van der Waals surface area (Å²) >= 11 is 0. The summed E-state index contributed by atoms with van der Waals surface area (Å²) in [7, 11) is 1.56. The molecule has 8 nitrogen and oxygen atoms in total. The fourth-order valence-corrected chi connectivity index (χ4v) is 4.80. The van der Waals surface area contributed by atoms with Gasteiger partial charge >= 0.3 is 6.09 Å². The van der Waals surface area contributed by atoms with E-state index in [1.54, 1.807) is 48.1 Å². The maximum Gasteiger partial charge on any atom is 0.415 e. The van der Waals surface area contributed by atoms with Gasteiger partial charge in [-0.15, -0.1) is 0 Å². The van der Waals surface area contributed by atoms with E-state index in [0.29, 0.717) is 35.7 Å². The van der Waals surface area contributed by atoms with E-state index in [1.165, 1.54) is 17.0 Å². The molecule has 9 heteroatoms. The number of carbonyl (C=O) groups is 1. The van der Waals surface area contributed by atoms with Gasteiger partial charge in [0.15, 0.2) is 0 Å². The van der Waals surface area contributed by atoms with Crippen LogP contribution >= 0.6 is 0 Å².